The average Bonchev–Trinajstić information content (AvgIpc) is 3.10. The van der Waals surface area contributed by atoms with E-state index in [-0.39, 0.29) is 19.1 Å². The minimum absolute atomic E-state index is 0.0502. The molecule has 1 amide bonds. The van der Waals surface area contributed by atoms with Crippen molar-refractivity contribution in [2.45, 2.75) is 32.4 Å². The van der Waals surface area contributed by atoms with Gasteiger partial charge in [0.05, 0.1) is 11.8 Å². The topological polar surface area (TPSA) is 153 Å². The van der Waals surface area contributed by atoms with Gasteiger partial charge in [-0.05, 0) is 30.0 Å². The predicted octanol–water partition coefficient (Wildman–Crippen LogP) is 1.49. The smallest absolute Gasteiger partial charge is 0.241 e. The van der Waals surface area contributed by atoms with Crippen LogP contribution in [0.2, 0.25) is 0 Å². The number of pyridine rings is 3. The van der Waals surface area contributed by atoms with Crippen LogP contribution in [0.15, 0.2) is 30.6 Å². The molecule has 0 aliphatic carbocycles. The van der Waals surface area contributed by atoms with E-state index < -0.39 is 6.10 Å². The highest BCUT2D eigenvalue weighted by Crippen LogP contribution is 2.34. The van der Waals surface area contributed by atoms with Crippen LogP contribution < -0.4 is 21.1 Å². The second-order valence-electron chi connectivity index (χ2n) is 8.84. The molecule has 6 heterocycles. The van der Waals surface area contributed by atoms with Crippen LogP contribution >= 0.6 is 0 Å². The Labute approximate surface area is 200 Å². The molecular weight excluding hydrogens is 448 g/mol. The number of aliphatic hydroxyl groups is 1. The minimum atomic E-state index is -0.556. The Kier molecular flexibility index (Phi) is 4.99. The summed E-state index contributed by atoms with van der Waals surface area (Å²) in [6.45, 7) is 3.01. The van der Waals surface area contributed by atoms with Gasteiger partial charge in [-0.3, -0.25) is 9.48 Å². The highest BCUT2D eigenvalue weighted by molar-refractivity contribution is 5.95. The molecule has 0 aromatic carbocycles. The zero-order chi connectivity index (χ0) is 24.1. The molecule has 4 aromatic heterocycles. The Morgan fingerprint density at radius 2 is 2.11 bits per heavy atom. The lowest BCUT2D eigenvalue weighted by Gasteiger charge is -2.23. The van der Waals surface area contributed by atoms with Crippen LogP contribution in [0.5, 0.6) is 5.88 Å². The molecular formula is C24H24N8O3. The second kappa shape index (κ2) is 8.20. The van der Waals surface area contributed by atoms with Crippen molar-refractivity contribution in [2.75, 3.05) is 24.2 Å². The third-order valence-electron chi connectivity index (χ3n) is 6.42. The molecule has 1 atom stereocenters. The van der Waals surface area contributed by atoms with Crippen LogP contribution in [0.4, 0.5) is 17.5 Å². The first-order valence-corrected chi connectivity index (χ1v) is 11.4. The van der Waals surface area contributed by atoms with Crippen LogP contribution in [0.25, 0.3) is 22.0 Å². The number of nitrogens with two attached hydrogens (primary N) is 1. The lowest BCUT2D eigenvalue weighted by atomic mass is 9.96. The van der Waals surface area contributed by atoms with Gasteiger partial charge in [0.1, 0.15) is 24.8 Å². The monoisotopic (exact) mass is 472 g/mol. The highest BCUT2D eigenvalue weighted by Gasteiger charge is 2.23. The van der Waals surface area contributed by atoms with Crippen molar-refractivity contribution in [1.29, 1.82) is 0 Å². The van der Waals surface area contributed by atoms with Gasteiger partial charge in [0.15, 0.2) is 5.82 Å². The van der Waals surface area contributed by atoms with E-state index in [1.165, 1.54) is 0 Å². The van der Waals surface area contributed by atoms with Crippen LogP contribution in [-0.2, 0) is 24.2 Å². The second-order valence-corrected chi connectivity index (χ2v) is 8.84. The number of amides is 1. The fraction of sp³-hybridized carbons (Fsp3) is 0.292. The summed E-state index contributed by atoms with van der Waals surface area (Å²) in [7, 11) is 0. The Hall–Kier alpha value is -4.25. The Balaban J connectivity index is 1.35. The number of carbonyl (C=O) groups is 1. The maximum absolute atomic E-state index is 11.8. The third kappa shape index (κ3) is 3.89. The van der Waals surface area contributed by atoms with Crippen molar-refractivity contribution >= 4 is 34.1 Å². The van der Waals surface area contributed by atoms with E-state index in [0.717, 1.165) is 33.2 Å². The van der Waals surface area contributed by atoms with Crippen molar-refractivity contribution in [3.63, 3.8) is 0 Å². The summed E-state index contributed by atoms with van der Waals surface area (Å²) >= 11 is 0. The number of hydrogen-bond acceptors (Lipinski definition) is 9. The SMILES string of the molecule is Cc1c(-c2cc3cc(Nc4cc5n(n4)CC(=O)NCC5)ncc3c(N)n2)cnc2c1CC(O)CO2. The Morgan fingerprint density at radius 3 is 3.00 bits per heavy atom. The molecule has 2 aliphatic heterocycles. The predicted molar refractivity (Wildman–Crippen MR) is 129 cm³/mol. The van der Waals surface area contributed by atoms with Gasteiger partial charge in [-0.1, -0.05) is 0 Å². The zero-order valence-corrected chi connectivity index (χ0v) is 19.1. The summed E-state index contributed by atoms with van der Waals surface area (Å²) in [5.74, 6) is 2.09. The van der Waals surface area contributed by atoms with E-state index in [2.05, 4.69) is 30.7 Å². The first-order chi connectivity index (χ1) is 16.9. The molecule has 0 saturated heterocycles. The average molecular weight is 473 g/mol. The van der Waals surface area contributed by atoms with Crippen molar-refractivity contribution < 1.29 is 14.6 Å². The molecule has 0 saturated carbocycles. The quantitative estimate of drug-likeness (QED) is 0.347. The van der Waals surface area contributed by atoms with Crippen molar-refractivity contribution in [3.05, 3.63) is 47.4 Å². The van der Waals surface area contributed by atoms with Gasteiger partial charge in [-0.2, -0.15) is 5.10 Å². The van der Waals surface area contributed by atoms with Crippen LogP contribution in [0, 0.1) is 6.92 Å². The molecule has 1 unspecified atom stereocenters. The van der Waals surface area contributed by atoms with E-state index in [4.69, 9.17) is 10.5 Å². The van der Waals surface area contributed by atoms with Gasteiger partial charge in [-0.15, -0.1) is 0 Å². The molecule has 0 spiro atoms. The maximum atomic E-state index is 11.8. The number of carbonyl (C=O) groups excluding carboxylic acids is 1. The summed E-state index contributed by atoms with van der Waals surface area (Å²) in [6.07, 6.45) is 4.06. The molecule has 6 rings (SSSR count). The maximum Gasteiger partial charge on any atom is 0.241 e. The molecule has 0 fully saturated rings. The molecule has 11 heteroatoms. The van der Waals surface area contributed by atoms with Crippen LogP contribution in [0.1, 0.15) is 16.8 Å². The van der Waals surface area contributed by atoms with Gasteiger partial charge in [-0.25, -0.2) is 15.0 Å². The first-order valence-electron chi connectivity index (χ1n) is 11.4. The Bertz CT molecular complexity index is 1480. The lowest BCUT2D eigenvalue weighted by molar-refractivity contribution is -0.121. The number of nitrogens with one attached hydrogen (secondary N) is 2. The number of hydrogen-bond donors (Lipinski definition) is 4. The third-order valence-corrected chi connectivity index (χ3v) is 6.42. The number of aromatic nitrogens is 5. The van der Waals surface area contributed by atoms with E-state index in [1.54, 1.807) is 17.1 Å². The van der Waals surface area contributed by atoms with Gasteiger partial charge in [0.25, 0.3) is 0 Å². The summed E-state index contributed by atoms with van der Waals surface area (Å²) in [5.41, 5.74) is 10.6. The normalized spacial score (nSPS) is 17.2. The summed E-state index contributed by atoms with van der Waals surface area (Å²) in [6, 6.07) is 5.76. The fourth-order valence-corrected chi connectivity index (χ4v) is 4.60. The molecule has 11 nitrogen and oxygen atoms in total. The van der Waals surface area contributed by atoms with E-state index in [0.29, 0.717) is 48.4 Å². The molecule has 5 N–H and O–H groups in total. The van der Waals surface area contributed by atoms with E-state index >= 15 is 0 Å². The van der Waals surface area contributed by atoms with Crippen molar-refractivity contribution in [1.82, 2.24) is 30.0 Å². The highest BCUT2D eigenvalue weighted by atomic mass is 16.5. The minimum Gasteiger partial charge on any atom is -0.475 e. The standard InChI is InChI=1S/C24H24N8O3/c1-12-16-7-15(33)11-35-24(16)28-8-17(12)19-4-13-5-20(27-9-18(13)23(25)29-19)30-21-6-14-2-3-26-22(34)10-32(14)31-21/h4-6,8-9,15,33H,2-3,7,10-11H2,1H3,(H2,25,29)(H,26,34)(H,27,30,31). The molecule has 4 aromatic rings. The summed E-state index contributed by atoms with van der Waals surface area (Å²) in [5, 5.41) is 22.2. The first kappa shape index (κ1) is 21.3. The number of nitrogens with zero attached hydrogens (tertiary/aromatic N) is 5. The molecule has 2 aliphatic rings. The Morgan fingerprint density at radius 1 is 1.23 bits per heavy atom. The van der Waals surface area contributed by atoms with Gasteiger partial charge in [0, 0.05) is 60.1 Å². The summed E-state index contributed by atoms with van der Waals surface area (Å²) in [4.78, 5) is 25.3. The zero-order valence-electron chi connectivity index (χ0n) is 19.1. The van der Waals surface area contributed by atoms with Gasteiger partial charge in [0.2, 0.25) is 11.8 Å². The number of aliphatic hydroxyl groups excluding tert-OH is 1. The lowest BCUT2D eigenvalue weighted by Crippen LogP contribution is -2.26. The number of anilines is 3. The van der Waals surface area contributed by atoms with Crippen molar-refractivity contribution in [2.24, 2.45) is 0 Å². The largest absolute Gasteiger partial charge is 0.475 e. The van der Waals surface area contributed by atoms with Crippen LogP contribution in [-0.4, -0.2) is 55.0 Å². The van der Waals surface area contributed by atoms with Gasteiger partial charge < -0.3 is 26.2 Å². The molecule has 0 bridgehead atoms. The number of fused-ring (bicyclic) bond motifs is 3. The fourth-order valence-electron chi connectivity index (χ4n) is 4.60. The van der Waals surface area contributed by atoms with E-state index in [9.17, 15) is 9.90 Å². The van der Waals surface area contributed by atoms with Crippen molar-refractivity contribution in [3.8, 4) is 17.1 Å². The molecule has 0 radical (unpaired) electrons. The molecule has 35 heavy (non-hydrogen) atoms. The van der Waals surface area contributed by atoms with E-state index in [1.807, 2.05) is 25.1 Å². The number of rotatable bonds is 3. The number of ether oxygens (including phenoxy) is 1. The molecule has 178 valence electrons. The van der Waals surface area contributed by atoms with Crippen LogP contribution in [0.3, 0.4) is 0 Å². The number of nitrogen functional groups attached to an aromatic ring is 1. The summed E-state index contributed by atoms with van der Waals surface area (Å²) < 4.78 is 7.27. The van der Waals surface area contributed by atoms with Gasteiger partial charge >= 0.3 is 0 Å².